The van der Waals surface area contributed by atoms with E-state index in [4.69, 9.17) is 0 Å². The maximum atomic E-state index is 12.6. The van der Waals surface area contributed by atoms with Crippen LogP contribution in [0.4, 0.5) is 0 Å². The Morgan fingerprint density at radius 3 is 2.07 bits per heavy atom. The zero-order valence-corrected chi connectivity index (χ0v) is 17.1. The monoisotopic (exact) mass is 370 g/mol. The van der Waals surface area contributed by atoms with Crippen molar-refractivity contribution in [2.75, 3.05) is 0 Å². The Balaban J connectivity index is 2.47. The summed E-state index contributed by atoms with van der Waals surface area (Å²) in [6.45, 7) is 9.71. The van der Waals surface area contributed by atoms with E-state index in [-0.39, 0.29) is 47.4 Å². The molecule has 146 valence electrons. The van der Waals surface area contributed by atoms with Crippen LogP contribution in [0.2, 0.25) is 0 Å². The molecule has 0 atom stereocenters. The van der Waals surface area contributed by atoms with E-state index in [1.807, 2.05) is 40.7 Å². The number of aliphatic hydroxyl groups excluding tert-OH is 1. The summed E-state index contributed by atoms with van der Waals surface area (Å²) in [7, 11) is 0. The van der Waals surface area contributed by atoms with E-state index in [1.165, 1.54) is 0 Å². The molecule has 0 spiro atoms. The lowest BCUT2D eigenvalue weighted by molar-refractivity contribution is -0.124. The molecule has 0 amide bonds. The molecule has 1 fully saturated rings. The molecular weight excluding hydrogens is 340 g/mol. The molecule has 1 aliphatic rings. The highest BCUT2D eigenvalue weighted by Gasteiger charge is 2.35. The van der Waals surface area contributed by atoms with Crippen LogP contribution in [0.3, 0.4) is 0 Å². The van der Waals surface area contributed by atoms with Gasteiger partial charge in [-0.05, 0) is 61.8 Å². The molecule has 1 aromatic carbocycles. The fraction of sp³-hybridized carbons (Fsp3) is 0.522. The number of rotatable bonds is 6. The van der Waals surface area contributed by atoms with Crippen molar-refractivity contribution in [2.24, 2.45) is 0 Å². The Hall–Kier alpha value is -2.23. The zero-order chi connectivity index (χ0) is 20.3. The van der Waals surface area contributed by atoms with E-state index in [2.05, 4.69) is 0 Å². The van der Waals surface area contributed by atoms with Gasteiger partial charge in [-0.2, -0.15) is 0 Å². The Morgan fingerprint density at radius 1 is 1.00 bits per heavy atom. The summed E-state index contributed by atoms with van der Waals surface area (Å²) >= 11 is 0. The minimum atomic E-state index is -0.289. The summed E-state index contributed by atoms with van der Waals surface area (Å²) in [4.78, 5) is 37.8. The van der Waals surface area contributed by atoms with Crippen molar-refractivity contribution in [1.29, 1.82) is 0 Å². The lowest BCUT2D eigenvalue weighted by Crippen LogP contribution is -2.27. The number of ketones is 3. The largest absolute Gasteiger partial charge is 0.511 e. The summed E-state index contributed by atoms with van der Waals surface area (Å²) < 4.78 is 0. The van der Waals surface area contributed by atoms with E-state index in [0.29, 0.717) is 19.3 Å². The maximum Gasteiger partial charge on any atom is 0.170 e. The van der Waals surface area contributed by atoms with E-state index in [0.717, 1.165) is 34.2 Å². The highest BCUT2D eigenvalue weighted by Crippen LogP contribution is 2.38. The third kappa shape index (κ3) is 4.20. The number of aryl methyl sites for hydroxylation is 2. The molecule has 27 heavy (non-hydrogen) atoms. The van der Waals surface area contributed by atoms with Crippen molar-refractivity contribution in [2.45, 2.75) is 79.1 Å². The van der Waals surface area contributed by atoms with Crippen LogP contribution in [0.25, 0.3) is 0 Å². The number of aliphatic hydroxyl groups is 1. The van der Waals surface area contributed by atoms with Gasteiger partial charge in [-0.25, -0.2) is 0 Å². The van der Waals surface area contributed by atoms with Crippen LogP contribution in [0.5, 0.6) is 0 Å². The molecule has 0 unspecified atom stereocenters. The Bertz CT molecular complexity index is 794. The predicted octanol–water partition coefficient (Wildman–Crippen LogP) is 5.22. The number of Topliss-reactive ketones (excluding diaryl/α,β-unsaturated/α-hetero) is 3. The first-order valence-corrected chi connectivity index (χ1v) is 9.85. The van der Waals surface area contributed by atoms with E-state index in [9.17, 15) is 19.5 Å². The fourth-order valence-electron chi connectivity index (χ4n) is 4.38. The average Bonchev–Trinajstić information content (AvgIpc) is 2.54. The normalized spacial score (nSPS) is 17.4. The third-order valence-electron chi connectivity index (χ3n) is 5.39. The van der Waals surface area contributed by atoms with Gasteiger partial charge in [0.25, 0.3) is 0 Å². The van der Waals surface area contributed by atoms with Crippen molar-refractivity contribution < 1.29 is 19.5 Å². The van der Waals surface area contributed by atoms with Crippen LogP contribution in [0, 0.1) is 20.8 Å². The van der Waals surface area contributed by atoms with Crippen LogP contribution in [-0.2, 0) is 9.59 Å². The maximum absolute atomic E-state index is 12.6. The second kappa shape index (κ2) is 8.64. The van der Waals surface area contributed by atoms with Crippen molar-refractivity contribution in [1.82, 2.24) is 0 Å². The predicted molar refractivity (Wildman–Crippen MR) is 106 cm³/mol. The van der Waals surface area contributed by atoms with Crippen molar-refractivity contribution >= 4 is 17.3 Å². The highest BCUT2D eigenvalue weighted by molar-refractivity contribution is 6.22. The van der Waals surface area contributed by atoms with Gasteiger partial charge in [0.05, 0.1) is 5.57 Å². The molecule has 1 aliphatic carbocycles. The first-order chi connectivity index (χ1) is 12.7. The van der Waals surface area contributed by atoms with Gasteiger partial charge < -0.3 is 5.11 Å². The molecular formula is C23H30O4. The third-order valence-corrected chi connectivity index (χ3v) is 5.39. The lowest BCUT2D eigenvalue weighted by Gasteiger charge is -2.27. The van der Waals surface area contributed by atoms with Crippen molar-refractivity contribution in [3.05, 3.63) is 45.2 Å². The molecule has 0 aliphatic heterocycles. The second-order valence-electron chi connectivity index (χ2n) is 7.62. The van der Waals surface area contributed by atoms with Crippen LogP contribution in [-0.4, -0.2) is 22.5 Å². The molecule has 0 saturated heterocycles. The van der Waals surface area contributed by atoms with Crippen LogP contribution >= 0.6 is 0 Å². The summed E-state index contributed by atoms with van der Waals surface area (Å²) in [5.74, 6) is -0.784. The van der Waals surface area contributed by atoms with Crippen LogP contribution in [0.15, 0.2) is 17.4 Å². The first-order valence-electron chi connectivity index (χ1n) is 9.85. The molecule has 0 bridgehead atoms. The standard InChI is InChI=1S/C23H30O4/c1-6-8-17(24)22-14(4)10-13(3)21(15(22)5)16-11-19(26)23(20(27)12-16)18(25)9-7-2/h10,16,25H,6-9,11-12H2,1-5H3. The molecule has 1 saturated carbocycles. The molecule has 4 nitrogen and oxygen atoms in total. The summed E-state index contributed by atoms with van der Waals surface area (Å²) in [6.07, 6.45) is 2.69. The van der Waals surface area contributed by atoms with Gasteiger partial charge in [0.2, 0.25) is 0 Å². The van der Waals surface area contributed by atoms with Crippen LogP contribution < -0.4 is 0 Å². The number of hydrogen-bond acceptors (Lipinski definition) is 4. The van der Waals surface area contributed by atoms with Gasteiger partial charge in [0.1, 0.15) is 5.76 Å². The zero-order valence-electron chi connectivity index (χ0n) is 17.1. The molecule has 2 rings (SSSR count). The van der Waals surface area contributed by atoms with Crippen LogP contribution in [0.1, 0.15) is 90.9 Å². The quantitative estimate of drug-likeness (QED) is 0.322. The van der Waals surface area contributed by atoms with Gasteiger partial charge in [-0.3, -0.25) is 14.4 Å². The van der Waals surface area contributed by atoms with Crippen molar-refractivity contribution in [3.63, 3.8) is 0 Å². The lowest BCUT2D eigenvalue weighted by atomic mass is 9.75. The smallest absolute Gasteiger partial charge is 0.170 e. The molecule has 1 N–H and O–H groups in total. The fourth-order valence-corrected chi connectivity index (χ4v) is 4.38. The topological polar surface area (TPSA) is 71.4 Å². The summed E-state index contributed by atoms with van der Waals surface area (Å²) in [5, 5.41) is 10.1. The second-order valence-corrected chi connectivity index (χ2v) is 7.62. The molecule has 0 aromatic heterocycles. The number of carbonyl (C=O) groups excluding carboxylic acids is 3. The molecule has 1 aromatic rings. The molecule has 4 heteroatoms. The summed E-state index contributed by atoms with van der Waals surface area (Å²) in [6, 6.07) is 1.99. The van der Waals surface area contributed by atoms with E-state index >= 15 is 0 Å². The average molecular weight is 370 g/mol. The van der Waals surface area contributed by atoms with Gasteiger partial charge in [-0.1, -0.05) is 19.9 Å². The minimum absolute atomic E-state index is 0.0159. The number of benzene rings is 1. The Morgan fingerprint density at radius 2 is 1.56 bits per heavy atom. The van der Waals surface area contributed by atoms with Crippen molar-refractivity contribution in [3.8, 4) is 0 Å². The molecule has 0 heterocycles. The first kappa shape index (κ1) is 21.1. The van der Waals surface area contributed by atoms with E-state index in [1.54, 1.807) is 0 Å². The van der Waals surface area contributed by atoms with E-state index < -0.39 is 0 Å². The highest BCUT2D eigenvalue weighted by atomic mass is 16.3. The number of hydrogen-bond donors (Lipinski definition) is 1. The van der Waals surface area contributed by atoms with Gasteiger partial charge in [-0.15, -0.1) is 0 Å². The number of allylic oxidation sites excluding steroid dienone is 2. The minimum Gasteiger partial charge on any atom is -0.511 e. The SMILES string of the molecule is CCCC(=O)c1c(C)cc(C)c(C2CC(=O)C(=C(O)CCC)C(=O)C2)c1C. The Kier molecular flexibility index (Phi) is 6.74. The Labute approximate surface area is 161 Å². The van der Waals surface area contributed by atoms with Gasteiger partial charge in [0, 0.05) is 31.2 Å². The number of carbonyl (C=O) groups is 3. The molecule has 0 radical (unpaired) electrons. The summed E-state index contributed by atoms with van der Waals surface area (Å²) in [5.41, 5.74) is 4.50. The van der Waals surface area contributed by atoms with Gasteiger partial charge >= 0.3 is 0 Å². The van der Waals surface area contributed by atoms with Gasteiger partial charge in [0.15, 0.2) is 17.3 Å².